The molecule has 5 rings (SSSR count). The molecule has 3 aliphatic rings. The average Bonchev–Trinajstić information content (AvgIpc) is 3.49. The summed E-state index contributed by atoms with van der Waals surface area (Å²) in [6.07, 6.45) is 4.34. The van der Waals surface area contributed by atoms with Gasteiger partial charge in [0.15, 0.2) is 0 Å². The van der Waals surface area contributed by atoms with Crippen LogP contribution in [0.1, 0.15) is 57.3 Å². The molecule has 0 aromatic heterocycles. The second-order valence-electron chi connectivity index (χ2n) is 9.11. The van der Waals surface area contributed by atoms with Gasteiger partial charge < -0.3 is 20.1 Å². The number of amides is 1. The molecule has 2 heterocycles. The van der Waals surface area contributed by atoms with Crippen LogP contribution in [0.15, 0.2) is 36.4 Å². The van der Waals surface area contributed by atoms with Gasteiger partial charge in [-0.3, -0.25) is 4.79 Å². The lowest BCUT2D eigenvalue weighted by molar-refractivity contribution is -0.122. The summed E-state index contributed by atoms with van der Waals surface area (Å²) in [4.78, 5) is 12.7. The highest BCUT2D eigenvalue weighted by Gasteiger charge is 2.36. The van der Waals surface area contributed by atoms with Gasteiger partial charge in [-0.25, -0.2) is 0 Å². The number of allylic oxidation sites excluding steroid dienone is 1. The van der Waals surface area contributed by atoms with Gasteiger partial charge in [-0.15, -0.1) is 0 Å². The first-order valence-electron chi connectivity index (χ1n) is 10.6. The van der Waals surface area contributed by atoms with Crippen molar-refractivity contribution in [1.82, 2.24) is 5.32 Å². The zero-order valence-corrected chi connectivity index (χ0v) is 18.0. The van der Waals surface area contributed by atoms with Crippen molar-refractivity contribution in [3.05, 3.63) is 47.5 Å². The van der Waals surface area contributed by atoms with Crippen molar-refractivity contribution in [2.45, 2.75) is 57.7 Å². The maximum atomic E-state index is 12.7. The first-order chi connectivity index (χ1) is 14.4. The molecule has 156 valence electrons. The van der Waals surface area contributed by atoms with Gasteiger partial charge >= 0.3 is 0 Å². The summed E-state index contributed by atoms with van der Waals surface area (Å²) in [6.45, 7) is 6.46. The molecule has 5 nitrogen and oxygen atoms in total. The molecule has 5 heteroatoms. The summed E-state index contributed by atoms with van der Waals surface area (Å²) in [5.41, 5.74) is 6.36. The average molecular weight is 405 g/mol. The molecule has 2 aliphatic heterocycles. The lowest BCUT2D eigenvalue weighted by Gasteiger charge is -2.37. The Balaban J connectivity index is 1.67. The van der Waals surface area contributed by atoms with Crippen LogP contribution in [0.2, 0.25) is 0 Å². The number of ether oxygens (including phenoxy) is 2. The van der Waals surface area contributed by atoms with E-state index in [9.17, 15) is 4.79 Å². The molecule has 30 heavy (non-hydrogen) atoms. The Bertz CT molecular complexity index is 1070. The van der Waals surface area contributed by atoms with Crippen molar-refractivity contribution in [3.8, 4) is 22.6 Å². The molecule has 2 N–H and O–H groups in total. The smallest absolute Gasteiger partial charge is 0.224 e. The maximum absolute atomic E-state index is 12.7. The van der Waals surface area contributed by atoms with E-state index in [0.717, 1.165) is 52.3 Å². The van der Waals surface area contributed by atoms with Crippen LogP contribution < -0.4 is 20.1 Å². The second-order valence-corrected chi connectivity index (χ2v) is 9.11. The third kappa shape index (κ3) is 3.22. The predicted octanol–water partition coefficient (Wildman–Crippen LogP) is 5.07. The molecule has 1 fully saturated rings. The van der Waals surface area contributed by atoms with Crippen molar-refractivity contribution in [3.63, 3.8) is 0 Å². The van der Waals surface area contributed by atoms with Crippen molar-refractivity contribution in [2.24, 2.45) is 0 Å². The highest BCUT2D eigenvalue weighted by Crippen LogP contribution is 2.52. The monoisotopic (exact) mass is 404 g/mol. The van der Waals surface area contributed by atoms with Crippen LogP contribution in [0.3, 0.4) is 0 Å². The molecule has 0 bridgehead atoms. The van der Waals surface area contributed by atoms with E-state index in [1.54, 1.807) is 7.11 Å². The number of benzene rings is 2. The van der Waals surface area contributed by atoms with Crippen LogP contribution in [0, 0.1) is 0 Å². The van der Waals surface area contributed by atoms with Gasteiger partial charge in [-0.2, -0.15) is 0 Å². The zero-order valence-electron chi connectivity index (χ0n) is 18.0. The Morgan fingerprint density at radius 2 is 2.03 bits per heavy atom. The number of rotatable bonds is 4. The fourth-order valence-electron chi connectivity index (χ4n) is 4.78. The van der Waals surface area contributed by atoms with Gasteiger partial charge in [0.05, 0.1) is 24.6 Å². The fourth-order valence-corrected chi connectivity index (χ4v) is 4.78. The Morgan fingerprint density at radius 3 is 2.77 bits per heavy atom. The molecule has 2 aromatic rings. The third-order valence-electron chi connectivity index (χ3n) is 6.06. The number of hydrogen-bond acceptors (Lipinski definition) is 4. The van der Waals surface area contributed by atoms with E-state index in [1.807, 2.05) is 18.2 Å². The minimum atomic E-state index is -0.348. The Hall–Kier alpha value is -2.95. The highest BCUT2D eigenvalue weighted by atomic mass is 16.5. The lowest BCUT2D eigenvalue weighted by Crippen LogP contribution is -2.33. The van der Waals surface area contributed by atoms with Gasteiger partial charge in [0.2, 0.25) is 5.91 Å². The van der Waals surface area contributed by atoms with Gasteiger partial charge in [-0.1, -0.05) is 18.2 Å². The summed E-state index contributed by atoms with van der Waals surface area (Å²) in [5, 5.41) is 6.73. The van der Waals surface area contributed by atoms with E-state index in [-0.39, 0.29) is 17.6 Å². The molecule has 1 saturated carbocycles. The van der Waals surface area contributed by atoms with Crippen molar-refractivity contribution in [2.75, 3.05) is 12.4 Å². The molecule has 1 aliphatic carbocycles. The number of carbonyl (C=O) groups excluding carboxylic acids is 1. The summed E-state index contributed by atoms with van der Waals surface area (Å²) in [7, 11) is 1.68. The first-order valence-corrected chi connectivity index (χ1v) is 10.6. The number of hydrogen-bond donors (Lipinski definition) is 2. The largest absolute Gasteiger partial charge is 0.496 e. The summed E-state index contributed by atoms with van der Waals surface area (Å²) < 4.78 is 12.1. The summed E-state index contributed by atoms with van der Waals surface area (Å²) >= 11 is 0. The number of anilines is 1. The van der Waals surface area contributed by atoms with E-state index in [0.29, 0.717) is 12.5 Å². The molecule has 1 atom stereocenters. The lowest BCUT2D eigenvalue weighted by atomic mass is 9.81. The minimum Gasteiger partial charge on any atom is -0.496 e. The Kier molecular flexibility index (Phi) is 4.31. The predicted molar refractivity (Wildman–Crippen MR) is 119 cm³/mol. The van der Waals surface area contributed by atoms with Gasteiger partial charge in [0.1, 0.15) is 17.6 Å². The highest BCUT2D eigenvalue weighted by molar-refractivity contribution is 5.92. The van der Waals surface area contributed by atoms with Gasteiger partial charge in [-0.05, 0) is 62.9 Å². The zero-order chi connectivity index (χ0) is 21.0. The molecule has 2 aromatic carbocycles. The molecule has 0 radical (unpaired) electrons. The Labute approximate surface area is 177 Å². The first kappa shape index (κ1) is 19.0. The standard InChI is InChI=1S/C25H28N2O3/c1-14-13-25(2,3)27-17-11-10-16-23-18(29-4)6-5-7-19(23)30-20(24(16)22(14)17)12-21(28)26-15-8-9-15/h5-7,10-11,13,15,20,27H,8-9,12H2,1-4H3,(H,26,28). The summed E-state index contributed by atoms with van der Waals surface area (Å²) in [6, 6.07) is 10.4. The van der Waals surface area contributed by atoms with Crippen LogP contribution in [0.5, 0.6) is 11.5 Å². The molecule has 1 unspecified atom stereocenters. The number of nitrogens with one attached hydrogen (secondary N) is 2. The van der Waals surface area contributed by atoms with E-state index in [4.69, 9.17) is 9.47 Å². The normalized spacial score (nSPS) is 20.5. The van der Waals surface area contributed by atoms with Crippen LogP contribution in [0.4, 0.5) is 5.69 Å². The van der Waals surface area contributed by atoms with E-state index in [1.165, 1.54) is 5.57 Å². The second kappa shape index (κ2) is 6.79. The number of carbonyl (C=O) groups is 1. The SMILES string of the molecule is COc1cccc2c1-c1ccc3c(c1C(CC(=O)NC1CC1)O2)C(C)=CC(C)(C)N3. The van der Waals surface area contributed by atoms with Crippen molar-refractivity contribution in [1.29, 1.82) is 0 Å². The summed E-state index contributed by atoms with van der Waals surface area (Å²) in [5.74, 6) is 1.58. The maximum Gasteiger partial charge on any atom is 0.224 e. The quantitative estimate of drug-likeness (QED) is 0.747. The Morgan fingerprint density at radius 1 is 1.23 bits per heavy atom. The van der Waals surface area contributed by atoms with E-state index >= 15 is 0 Å². The molecule has 1 amide bonds. The molecular weight excluding hydrogens is 376 g/mol. The van der Waals surface area contributed by atoms with E-state index in [2.05, 4.69) is 49.6 Å². The molecule has 0 saturated heterocycles. The minimum absolute atomic E-state index is 0.0446. The van der Waals surface area contributed by atoms with Crippen LogP contribution in [-0.4, -0.2) is 24.6 Å². The van der Waals surface area contributed by atoms with Crippen LogP contribution >= 0.6 is 0 Å². The number of fused-ring (bicyclic) bond motifs is 5. The van der Waals surface area contributed by atoms with Crippen LogP contribution in [-0.2, 0) is 4.79 Å². The molecular formula is C25H28N2O3. The van der Waals surface area contributed by atoms with Gasteiger partial charge in [0.25, 0.3) is 0 Å². The van der Waals surface area contributed by atoms with Crippen molar-refractivity contribution >= 4 is 17.2 Å². The fraction of sp³-hybridized carbons (Fsp3) is 0.400. The molecule has 0 spiro atoms. The topological polar surface area (TPSA) is 59.6 Å². The van der Waals surface area contributed by atoms with Gasteiger partial charge in [0, 0.05) is 22.9 Å². The van der Waals surface area contributed by atoms with Crippen molar-refractivity contribution < 1.29 is 14.3 Å². The third-order valence-corrected chi connectivity index (χ3v) is 6.06. The van der Waals surface area contributed by atoms with Crippen LogP contribution in [0.25, 0.3) is 16.7 Å². The number of methoxy groups -OCH3 is 1. The van der Waals surface area contributed by atoms with E-state index < -0.39 is 0 Å².